The van der Waals surface area contributed by atoms with Crippen LogP contribution in [0, 0.1) is 6.92 Å². The fraction of sp³-hybridized carbons (Fsp3) is 0.500. The molecule has 0 bridgehead atoms. The summed E-state index contributed by atoms with van der Waals surface area (Å²) in [5.41, 5.74) is 0.584. The SMILES string of the molecule is CNc1snc(C)c1C(=O)OCC(=O)NCC(F)(F)F. The Balaban J connectivity index is 2.51. The van der Waals surface area contributed by atoms with E-state index in [9.17, 15) is 22.8 Å². The second-order valence-electron chi connectivity index (χ2n) is 3.69. The van der Waals surface area contributed by atoms with Crippen LogP contribution in [-0.4, -0.2) is 42.6 Å². The largest absolute Gasteiger partial charge is 0.452 e. The van der Waals surface area contributed by atoms with Crippen molar-refractivity contribution in [3.05, 3.63) is 11.3 Å². The molecule has 0 saturated heterocycles. The molecule has 112 valence electrons. The van der Waals surface area contributed by atoms with Crippen LogP contribution in [0.2, 0.25) is 0 Å². The molecule has 0 aliphatic rings. The molecule has 0 unspecified atom stereocenters. The summed E-state index contributed by atoms with van der Waals surface area (Å²) in [7, 11) is 1.58. The van der Waals surface area contributed by atoms with E-state index >= 15 is 0 Å². The number of amides is 1. The normalized spacial score (nSPS) is 11.1. The minimum absolute atomic E-state index is 0.168. The van der Waals surface area contributed by atoms with Gasteiger partial charge < -0.3 is 15.4 Å². The van der Waals surface area contributed by atoms with E-state index in [4.69, 9.17) is 0 Å². The lowest BCUT2D eigenvalue weighted by atomic mass is 10.2. The Morgan fingerprint density at radius 1 is 1.40 bits per heavy atom. The number of halogens is 3. The van der Waals surface area contributed by atoms with Gasteiger partial charge in [-0.05, 0) is 18.5 Å². The Kier molecular flexibility index (Phi) is 5.31. The van der Waals surface area contributed by atoms with E-state index in [1.165, 1.54) is 0 Å². The van der Waals surface area contributed by atoms with Gasteiger partial charge in [-0.1, -0.05) is 0 Å². The van der Waals surface area contributed by atoms with Crippen molar-refractivity contribution in [2.45, 2.75) is 13.1 Å². The van der Waals surface area contributed by atoms with Gasteiger partial charge in [-0.3, -0.25) is 4.79 Å². The fourth-order valence-corrected chi connectivity index (χ4v) is 1.97. The predicted molar refractivity (Wildman–Crippen MR) is 65.7 cm³/mol. The molecule has 0 aliphatic carbocycles. The minimum Gasteiger partial charge on any atom is -0.452 e. The Labute approximate surface area is 116 Å². The van der Waals surface area contributed by atoms with Crippen LogP contribution < -0.4 is 10.6 Å². The molecule has 1 aromatic rings. The number of carbonyl (C=O) groups is 2. The number of hydrogen-bond acceptors (Lipinski definition) is 6. The van der Waals surface area contributed by atoms with Crippen molar-refractivity contribution in [3.8, 4) is 0 Å². The molecule has 0 spiro atoms. The van der Waals surface area contributed by atoms with Gasteiger partial charge in [0.25, 0.3) is 5.91 Å². The molecule has 6 nitrogen and oxygen atoms in total. The summed E-state index contributed by atoms with van der Waals surface area (Å²) in [5.74, 6) is -1.84. The molecule has 1 rings (SSSR count). The molecule has 0 saturated carbocycles. The van der Waals surface area contributed by atoms with Gasteiger partial charge >= 0.3 is 12.1 Å². The number of carbonyl (C=O) groups excluding carboxylic acids is 2. The van der Waals surface area contributed by atoms with Crippen LogP contribution in [0.25, 0.3) is 0 Å². The number of rotatable bonds is 5. The maximum atomic E-state index is 11.9. The van der Waals surface area contributed by atoms with Gasteiger partial charge in [-0.15, -0.1) is 0 Å². The van der Waals surface area contributed by atoms with Crippen LogP contribution in [0.3, 0.4) is 0 Å². The van der Waals surface area contributed by atoms with Crippen LogP contribution >= 0.6 is 11.5 Å². The molecule has 0 fully saturated rings. The predicted octanol–water partition coefficient (Wildman–Crippen LogP) is 1.33. The van der Waals surface area contributed by atoms with Crippen LogP contribution in [0.1, 0.15) is 16.1 Å². The highest BCUT2D eigenvalue weighted by Gasteiger charge is 2.28. The molecule has 0 aromatic carbocycles. The number of nitrogens with zero attached hydrogens (tertiary/aromatic N) is 1. The Bertz CT molecular complexity index is 502. The zero-order valence-corrected chi connectivity index (χ0v) is 11.4. The van der Waals surface area contributed by atoms with Gasteiger partial charge in [0.1, 0.15) is 17.1 Å². The van der Waals surface area contributed by atoms with E-state index in [2.05, 4.69) is 14.4 Å². The van der Waals surface area contributed by atoms with Crippen molar-refractivity contribution in [2.24, 2.45) is 0 Å². The van der Waals surface area contributed by atoms with Crippen molar-refractivity contribution in [1.29, 1.82) is 0 Å². The van der Waals surface area contributed by atoms with Crippen LogP contribution in [-0.2, 0) is 9.53 Å². The van der Waals surface area contributed by atoms with Crippen LogP contribution in [0.15, 0.2) is 0 Å². The maximum absolute atomic E-state index is 11.9. The van der Waals surface area contributed by atoms with Crippen molar-refractivity contribution >= 4 is 28.4 Å². The first-order valence-electron chi connectivity index (χ1n) is 5.39. The highest BCUT2D eigenvalue weighted by molar-refractivity contribution is 7.10. The van der Waals surface area contributed by atoms with Gasteiger partial charge in [-0.25, -0.2) is 4.79 Å². The number of aromatic nitrogens is 1. The molecule has 0 aliphatic heterocycles. The number of nitrogens with one attached hydrogen (secondary N) is 2. The molecule has 0 atom stereocenters. The summed E-state index contributed by atoms with van der Waals surface area (Å²) in [4.78, 5) is 22.8. The van der Waals surface area contributed by atoms with Crippen molar-refractivity contribution in [2.75, 3.05) is 25.5 Å². The van der Waals surface area contributed by atoms with Gasteiger partial charge in [-0.2, -0.15) is 17.5 Å². The number of alkyl halides is 3. The molecule has 20 heavy (non-hydrogen) atoms. The summed E-state index contributed by atoms with van der Waals surface area (Å²) >= 11 is 1.04. The quantitative estimate of drug-likeness (QED) is 0.802. The first-order valence-corrected chi connectivity index (χ1v) is 6.16. The smallest absolute Gasteiger partial charge is 0.405 e. The van der Waals surface area contributed by atoms with Crippen molar-refractivity contribution < 1.29 is 27.5 Å². The summed E-state index contributed by atoms with van der Waals surface area (Å²) in [6.45, 7) is -0.671. The summed E-state index contributed by atoms with van der Waals surface area (Å²) in [6.07, 6.45) is -4.51. The highest BCUT2D eigenvalue weighted by Crippen LogP contribution is 2.24. The topological polar surface area (TPSA) is 80.3 Å². The average Bonchev–Trinajstić information content (AvgIpc) is 2.73. The third-order valence-electron chi connectivity index (χ3n) is 2.11. The highest BCUT2D eigenvalue weighted by atomic mass is 32.1. The van der Waals surface area contributed by atoms with Gasteiger partial charge in [0, 0.05) is 7.05 Å². The van der Waals surface area contributed by atoms with E-state index < -0.39 is 31.2 Å². The molecule has 1 aromatic heterocycles. The summed E-state index contributed by atoms with van der Waals surface area (Å²) < 4.78 is 44.1. The number of hydrogen-bond donors (Lipinski definition) is 2. The average molecular weight is 311 g/mol. The molecular formula is C10H12F3N3O3S. The molecule has 1 amide bonds. The summed E-state index contributed by atoms with van der Waals surface area (Å²) in [5, 5.41) is 4.79. The Morgan fingerprint density at radius 3 is 2.60 bits per heavy atom. The minimum atomic E-state index is -4.51. The van der Waals surface area contributed by atoms with E-state index in [-0.39, 0.29) is 5.56 Å². The number of anilines is 1. The number of esters is 1. The fourth-order valence-electron chi connectivity index (χ4n) is 1.23. The molecule has 0 radical (unpaired) electrons. The zero-order chi connectivity index (χ0) is 15.3. The lowest BCUT2D eigenvalue weighted by molar-refractivity contribution is -0.140. The second-order valence-corrected chi connectivity index (χ2v) is 4.46. The third kappa shape index (κ3) is 4.68. The maximum Gasteiger partial charge on any atom is 0.405 e. The van der Waals surface area contributed by atoms with E-state index in [0.29, 0.717) is 10.7 Å². The standard InChI is InChI=1S/C10H12F3N3O3S/c1-5-7(8(14-2)20-16-5)9(18)19-3-6(17)15-4-10(11,12)13/h14H,3-4H2,1-2H3,(H,15,17). The van der Waals surface area contributed by atoms with Crippen molar-refractivity contribution in [3.63, 3.8) is 0 Å². The molecule has 10 heteroatoms. The lowest BCUT2D eigenvalue weighted by Crippen LogP contribution is -2.36. The Morgan fingerprint density at radius 2 is 2.05 bits per heavy atom. The van der Waals surface area contributed by atoms with Gasteiger partial charge in [0.15, 0.2) is 6.61 Å². The third-order valence-corrected chi connectivity index (χ3v) is 3.07. The number of aryl methyl sites for hydroxylation is 1. The zero-order valence-electron chi connectivity index (χ0n) is 10.6. The van der Waals surface area contributed by atoms with Crippen LogP contribution in [0.5, 0.6) is 0 Å². The van der Waals surface area contributed by atoms with Crippen molar-refractivity contribution in [1.82, 2.24) is 9.69 Å². The van der Waals surface area contributed by atoms with Crippen LogP contribution in [0.4, 0.5) is 18.2 Å². The number of ether oxygens (including phenoxy) is 1. The Hall–Kier alpha value is -1.84. The molecule has 1 heterocycles. The first kappa shape index (κ1) is 16.2. The molecular weight excluding hydrogens is 299 g/mol. The second kappa shape index (κ2) is 6.55. The first-order chi connectivity index (χ1) is 9.24. The summed E-state index contributed by atoms with van der Waals surface area (Å²) in [6, 6.07) is 0. The molecule has 2 N–H and O–H groups in total. The van der Waals surface area contributed by atoms with E-state index in [1.54, 1.807) is 19.3 Å². The van der Waals surface area contributed by atoms with E-state index in [1.807, 2.05) is 0 Å². The van der Waals surface area contributed by atoms with E-state index in [0.717, 1.165) is 11.5 Å². The van der Waals surface area contributed by atoms with Gasteiger partial charge in [0.2, 0.25) is 0 Å². The van der Waals surface area contributed by atoms with Gasteiger partial charge in [0.05, 0.1) is 5.69 Å². The monoisotopic (exact) mass is 311 g/mol. The lowest BCUT2D eigenvalue weighted by Gasteiger charge is -2.09.